The Hall–Kier alpha value is -3.23. The van der Waals surface area contributed by atoms with Crippen molar-refractivity contribution < 1.29 is 32.6 Å². The smallest absolute Gasteiger partial charge is 0.279 e. The fraction of sp³-hybridized carbons (Fsp3) is 0.125. The van der Waals surface area contributed by atoms with Crippen LogP contribution in [0.4, 0.5) is 13.2 Å². The molecule has 0 aliphatic rings. The predicted molar refractivity (Wildman–Crippen MR) is 80.1 cm³/mol. The Balaban J connectivity index is 1.98. The lowest BCUT2D eigenvalue weighted by Gasteiger charge is -2.15. The lowest BCUT2D eigenvalue weighted by molar-refractivity contribution is -0.128. The topological polar surface area (TPSA) is 87.7 Å². The fourth-order valence-electron chi connectivity index (χ4n) is 1.85. The van der Waals surface area contributed by atoms with Crippen LogP contribution in [0.25, 0.3) is 0 Å². The maximum atomic E-state index is 13.5. The van der Waals surface area contributed by atoms with Crippen LogP contribution in [-0.4, -0.2) is 23.0 Å². The van der Waals surface area contributed by atoms with Gasteiger partial charge in [0.05, 0.1) is 0 Å². The van der Waals surface area contributed by atoms with E-state index in [0.29, 0.717) is 12.1 Å². The standard InChI is InChI=1S/C16H13F3N2O4/c1-8(25-13-5-3-2-4-10(13)18)15(23)20-21-16(24)14-11(19)6-9(17)7-12(14)22/h2-8,22H,1H3,(H,20,23)(H,21,24). The average molecular weight is 354 g/mol. The van der Waals surface area contributed by atoms with Crippen LogP contribution in [0.2, 0.25) is 0 Å². The molecule has 0 aromatic heterocycles. The number of para-hydroxylation sites is 1. The SMILES string of the molecule is CC(Oc1ccccc1F)C(=O)NNC(=O)c1c(O)cc(F)cc1F. The Morgan fingerprint density at radius 3 is 2.40 bits per heavy atom. The van der Waals surface area contributed by atoms with Gasteiger partial charge >= 0.3 is 0 Å². The molecular weight excluding hydrogens is 341 g/mol. The molecule has 0 aliphatic heterocycles. The van der Waals surface area contributed by atoms with E-state index < -0.39 is 46.7 Å². The van der Waals surface area contributed by atoms with Crippen LogP contribution in [0.1, 0.15) is 17.3 Å². The van der Waals surface area contributed by atoms with Gasteiger partial charge in [-0.05, 0) is 19.1 Å². The van der Waals surface area contributed by atoms with Gasteiger partial charge in [-0.25, -0.2) is 13.2 Å². The van der Waals surface area contributed by atoms with Crippen LogP contribution in [0.15, 0.2) is 36.4 Å². The van der Waals surface area contributed by atoms with E-state index in [2.05, 4.69) is 0 Å². The van der Waals surface area contributed by atoms with E-state index in [4.69, 9.17) is 4.74 Å². The van der Waals surface area contributed by atoms with Gasteiger partial charge in [-0.3, -0.25) is 20.4 Å². The summed E-state index contributed by atoms with van der Waals surface area (Å²) in [5, 5.41) is 9.42. The van der Waals surface area contributed by atoms with E-state index in [-0.39, 0.29) is 5.75 Å². The summed E-state index contributed by atoms with van der Waals surface area (Å²) in [7, 11) is 0. The third-order valence-corrected chi connectivity index (χ3v) is 3.07. The first-order valence-electron chi connectivity index (χ1n) is 6.99. The first kappa shape index (κ1) is 18.1. The number of hydrazine groups is 1. The molecule has 2 amide bonds. The molecule has 132 valence electrons. The third kappa shape index (κ3) is 4.40. The Labute approximate surface area is 140 Å². The molecule has 1 atom stereocenters. The Bertz CT molecular complexity index is 791. The number of nitrogens with one attached hydrogen (secondary N) is 2. The summed E-state index contributed by atoms with van der Waals surface area (Å²) in [4.78, 5) is 23.6. The van der Waals surface area contributed by atoms with Gasteiger partial charge in [-0.15, -0.1) is 0 Å². The van der Waals surface area contributed by atoms with Crippen molar-refractivity contribution in [3.05, 3.63) is 59.4 Å². The van der Waals surface area contributed by atoms with Crippen molar-refractivity contribution in [2.24, 2.45) is 0 Å². The number of aromatic hydroxyl groups is 1. The fourth-order valence-corrected chi connectivity index (χ4v) is 1.85. The number of phenolic OH excluding ortho intramolecular Hbond substituents is 1. The number of halogens is 3. The zero-order valence-electron chi connectivity index (χ0n) is 12.8. The van der Waals surface area contributed by atoms with Gasteiger partial charge in [0.15, 0.2) is 17.7 Å². The third-order valence-electron chi connectivity index (χ3n) is 3.07. The summed E-state index contributed by atoms with van der Waals surface area (Å²) >= 11 is 0. The molecule has 0 aliphatic carbocycles. The van der Waals surface area contributed by atoms with E-state index in [1.54, 1.807) is 0 Å². The van der Waals surface area contributed by atoms with Crippen molar-refractivity contribution in [3.63, 3.8) is 0 Å². The highest BCUT2D eigenvalue weighted by Crippen LogP contribution is 2.21. The van der Waals surface area contributed by atoms with Crippen molar-refractivity contribution in [3.8, 4) is 11.5 Å². The monoisotopic (exact) mass is 354 g/mol. The zero-order chi connectivity index (χ0) is 18.6. The largest absolute Gasteiger partial charge is 0.507 e. The number of hydrogen-bond donors (Lipinski definition) is 3. The molecule has 6 nitrogen and oxygen atoms in total. The number of carbonyl (C=O) groups is 2. The molecule has 2 aromatic carbocycles. The molecular formula is C16H13F3N2O4. The molecule has 0 radical (unpaired) electrons. The minimum absolute atomic E-state index is 0.168. The van der Waals surface area contributed by atoms with Crippen molar-refractivity contribution in [2.75, 3.05) is 0 Å². The maximum Gasteiger partial charge on any atom is 0.279 e. The molecule has 0 fully saturated rings. The summed E-state index contributed by atoms with van der Waals surface area (Å²) in [5.74, 6) is -6.22. The maximum absolute atomic E-state index is 13.5. The van der Waals surface area contributed by atoms with Crippen LogP contribution in [0.3, 0.4) is 0 Å². The molecule has 0 spiro atoms. The first-order chi connectivity index (χ1) is 11.8. The quantitative estimate of drug-likeness (QED) is 0.734. The van der Waals surface area contributed by atoms with Crippen molar-refractivity contribution >= 4 is 11.8 Å². The van der Waals surface area contributed by atoms with E-state index in [9.17, 15) is 27.9 Å². The van der Waals surface area contributed by atoms with E-state index in [1.165, 1.54) is 25.1 Å². The van der Waals surface area contributed by atoms with Gasteiger partial charge < -0.3 is 9.84 Å². The number of carbonyl (C=O) groups excluding carboxylic acids is 2. The number of ether oxygens (including phenoxy) is 1. The van der Waals surface area contributed by atoms with Crippen LogP contribution in [0.5, 0.6) is 11.5 Å². The Morgan fingerprint density at radius 1 is 1.08 bits per heavy atom. The highest BCUT2D eigenvalue weighted by atomic mass is 19.1. The predicted octanol–water partition coefficient (Wildman–Crippen LogP) is 2.04. The molecule has 1 unspecified atom stereocenters. The van der Waals surface area contributed by atoms with Crippen LogP contribution < -0.4 is 15.6 Å². The van der Waals surface area contributed by atoms with Gasteiger partial charge in [0.25, 0.3) is 11.8 Å². The minimum Gasteiger partial charge on any atom is -0.507 e. The van der Waals surface area contributed by atoms with Gasteiger partial charge in [0, 0.05) is 12.1 Å². The number of phenols is 1. The lowest BCUT2D eigenvalue weighted by Crippen LogP contribution is -2.47. The molecule has 3 N–H and O–H groups in total. The van der Waals surface area contributed by atoms with Gasteiger partial charge in [0.2, 0.25) is 0 Å². The zero-order valence-corrected chi connectivity index (χ0v) is 12.8. The summed E-state index contributed by atoms with van der Waals surface area (Å²) < 4.78 is 45.0. The van der Waals surface area contributed by atoms with E-state index >= 15 is 0 Å². The van der Waals surface area contributed by atoms with Gasteiger partial charge in [0.1, 0.15) is 22.9 Å². The summed E-state index contributed by atoms with van der Waals surface area (Å²) in [6, 6.07) is 6.34. The average Bonchev–Trinajstić information content (AvgIpc) is 2.53. The van der Waals surface area contributed by atoms with Crippen molar-refractivity contribution in [1.82, 2.24) is 10.9 Å². The van der Waals surface area contributed by atoms with Crippen molar-refractivity contribution in [2.45, 2.75) is 13.0 Å². The summed E-state index contributed by atoms with van der Waals surface area (Å²) in [6.07, 6.45) is -1.19. The second-order valence-corrected chi connectivity index (χ2v) is 4.92. The van der Waals surface area contributed by atoms with Crippen LogP contribution in [0, 0.1) is 17.5 Å². The second kappa shape index (κ2) is 7.56. The highest BCUT2D eigenvalue weighted by molar-refractivity contribution is 5.98. The highest BCUT2D eigenvalue weighted by Gasteiger charge is 2.21. The lowest BCUT2D eigenvalue weighted by atomic mass is 10.1. The van der Waals surface area contributed by atoms with Gasteiger partial charge in [-0.1, -0.05) is 12.1 Å². The molecule has 9 heteroatoms. The summed E-state index contributed by atoms with van der Waals surface area (Å²) in [5.41, 5.74) is 2.94. The van der Waals surface area contributed by atoms with E-state index in [0.717, 1.165) is 6.07 Å². The molecule has 0 bridgehead atoms. The number of rotatable bonds is 4. The van der Waals surface area contributed by atoms with Crippen LogP contribution in [-0.2, 0) is 4.79 Å². The second-order valence-electron chi connectivity index (χ2n) is 4.92. The minimum atomic E-state index is -1.31. The molecule has 0 saturated heterocycles. The number of hydrogen-bond acceptors (Lipinski definition) is 4. The van der Waals surface area contributed by atoms with Crippen molar-refractivity contribution in [1.29, 1.82) is 0 Å². The molecule has 2 aromatic rings. The number of amides is 2. The summed E-state index contributed by atoms with van der Waals surface area (Å²) in [6.45, 7) is 1.30. The van der Waals surface area contributed by atoms with Gasteiger partial charge in [-0.2, -0.15) is 0 Å². The van der Waals surface area contributed by atoms with E-state index in [1.807, 2.05) is 10.9 Å². The molecule has 0 saturated carbocycles. The van der Waals surface area contributed by atoms with Crippen LogP contribution >= 0.6 is 0 Å². The molecule has 25 heavy (non-hydrogen) atoms. The normalized spacial score (nSPS) is 11.5. The molecule has 0 heterocycles. The number of benzene rings is 2. The molecule has 2 rings (SSSR count). The Morgan fingerprint density at radius 2 is 1.76 bits per heavy atom. The Kier molecular flexibility index (Phi) is 5.48. The first-order valence-corrected chi connectivity index (χ1v) is 6.99.